The van der Waals surface area contributed by atoms with Gasteiger partial charge in [-0.1, -0.05) is 48.5 Å². The van der Waals surface area contributed by atoms with E-state index in [1.165, 1.54) is 22.4 Å². The molecule has 0 aromatic heterocycles. The van der Waals surface area contributed by atoms with E-state index in [9.17, 15) is 4.79 Å². The maximum atomic E-state index is 12.7. The molecule has 0 radical (unpaired) electrons. The van der Waals surface area contributed by atoms with Crippen molar-refractivity contribution < 1.29 is 9.53 Å². The first-order valence-electron chi connectivity index (χ1n) is 12.5. The Bertz CT molecular complexity index is 1080. The molecular formula is C30H38Cl2N2O2. The number of anilines is 1. The Balaban J connectivity index is 0.00000228. The number of nitrogens with one attached hydrogen (secondary N) is 1. The summed E-state index contributed by atoms with van der Waals surface area (Å²) in [5, 5.41) is 3.51. The topological polar surface area (TPSA) is 41.6 Å². The number of carbonyl (C=O) groups is 1. The van der Waals surface area contributed by atoms with Crippen LogP contribution in [0.4, 0.5) is 5.69 Å². The molecule has 1 aliphatic heterocycles. The van der Waals surface area contributed by atoms with Gasteiger partial charge in [0.05, 0.1) is 7.11 Å². The third kappa shape index (κ3) is 8.26. The molecule has 1 heterocycles. The van der Waals surface area contributed by atoms with Crippen molar-refractivity contribution in [2.24, 2.45) is 0 Å². The van der Waals surface area contributed by atoms with Gasteiger partial charge in [0.25, 0.3) is 0 Å². The van der Waals surface area contributed by atoms with E-state index in [-0.39, 0.29) is 30.6 Å². The molecule has 0 unspecified atom stereocenters. The normalized spacial score (nSPS) is 11.9. The van der Waals surface area contributed by atoms with Crippen LogP contribution in [0.1, 0.15) is 52.7 Å². The Kier molecular flexibility index (Phi) is 12.8. The van der Waals surface area contributed by atoms with E-state index >= 15 is 0 Å². The van der Waals surface area contributed by atoms with Crippen LogP contribution in [0.3, 0.4) is 0 Å². The molecule has 6 heteroatoms. The number of para-hydroxylation sites is 1. The van der Waals surface area contributed by atoms with Crippen LogP contribution in [0.5, 0.6) is 5.75 Å². The van der Waals surface area contributed by atoms with Crippen molar-refractivity contribution in [1.82, 2.24) is 5.32 Å². The summed E-state index contributed by atoms with van der Waals surface area (Å²) >= 11 is 0. The highest BCUT2D eigenvalue weighted by Crippen LogP contribution is 2.30. The number of benzene rings is 3. The second-order valence-electron chi connectivity index (χ2n) is 9.05. The third-order valence-corrected chi connectivity index (χ3v) is 6.61. The van der Waals surface area contributed by atoms with Gasteiger partial charge < -0.3 is 15.0 Å². The molecule has 36 heavy (non-hydrogen) atoms. The Hall–Kier alpha value is -2.53. The number of nitrogens with zero attached hydrogens (tertiary/aromatic N) is 1. The highest BCUT2D eigenvalue weighted by atomic mass is 35.5. The SMILES string of the molecule is COc1ccccc1CCCNCCCCC(=O)c1ccc2c(c1)CCN2Cc1ccccc1.Cl.Cl. The van der Waals surface area contributed by atoms with Gasteiger partial charge in [0.15, 0.2) is 5.78 Å². The van der Waals surface area contributed by atoms with Crippen molar-refractivity contribution >= 4 is 36.3 Å². The van der Waals surface area contributed by atoms with Crippen LogP contribution in [-0.4, -0.2) is 32.5 Å². The van der Waals surface area contributed by atoms with Crippen LogP contribution >= 0.6 is 24.8 Å². The number of rotatable bonds is 13. The number of halogens is 2. The van der Waals surface area contributed by atoms with Crippen molar-refractivity contribution in [3.63, 3.8) is 0 Å². The molecule has 0 aliphatic carbocycles. The molecule has 1 N–H and O–H groups in total. The molecule has 194 valence electrons. The fourth-order valence-electron chi connectivity index (χ4n) is 4.73. The molecule has 1 aliphatic rings. The lowest BCUT2D eigenvalue weighted by molar-refractivity contribution is 0.0979. The number of hydrogen-bond donors (Lipinski definition) is 1. The highest BCUT2D eigenvalue weighted by Gasteiger charge is 2.20. The Morgan fingerprint density at radius 2 is 1.67 bits per heavy atom. The van der Waals surface area contributed by atoms with Crippen molar-refractivity contribution in [1.29, 1.82) is 0 Å². The number of unbranched alkanes of at least 4 members (excludes halogenated alkanes) is 1. The zero-order valence-electron chi connectivity index (χ0n) is 21.1. The molecule has 4 rings (SSSR count). The number of methoxy groups -OCH3 is 1. The molecule has 0 fully saturated rings. The predicted octanol–water partition coefficient (Wildman–Crippen LogP) is 6.68. The molecule has 0 spiro atoms. The summed E-state index contributed by atoms with van der Waals surface area (Å²) in [5.41, 5.74) is 6.03. The lowest BCUT2D eigenvalue weighted by atomic mass is 10.0. The molecule has 0 atom stereocenters. The van der Waals surface area contributed by atoms with Gasteiger partial charge in [0.1, 0.15) is 5.75 Å². The number of ketones is 1. The number of Topliss-reactive ketones (excluding diaryl/α,β-unsaturated/α-hetero) is 1. The highest BCUT2D eigenvalue weighted by molar-refractivity contribution is 5.96. The molecule has 0 saturated carbocycles. The molecule has 0 bridgehead atoms. The quantitative estimate of drug-likeness (QED) is 0.198. The summed E-state index contributed by atoms with van der Waals surface area (Å²) in [6.07, 6.45) is 5.68. The summed E-state index contributed by atoms with van der Waals surface area (Å²) in [5.74, 6) is 1.23. The standard InChI is InChI=1S/C30H36N2O2.2ClH/c1-34-30-15-6-5-12-25(30)13-9-20-31-19-8-7-14-29(33)27-16-17-28-26(22-27)18-21-32(28)23-24-10-3-2-4-11-24;;/h2-6,10-12,15-17,22,31H,7-9,13-14,18-21,23H2,1H3;2*1H. The average Bonchev–Trinajstić information content (AvgIpc) is 3.28. The second kappa shape index (κ2) is 15.6. The fraction of sp³-hybridized carbons (Fsp3) is 0.367. The van der Waals surface area contributed by atoms with E-state index in [0.717, 1.165) is 69.6 Å². The maximum absolute atomic E-state index is 12.7. The number of hydrogen-bond acceptors (Lipinski definition) is 4. The van der Waals surface area contributed by atoms with E-state index in [2.05, 4.69) is 64.8 Å². The third-order valence-electron chi connectivity index (χ3n) is 6.61. The second-order valence-corrected chi connectivity index (χ2v) is 9.05. The van der Waals surface area contributed by atoms with Gasteiger partial charge in [0.2, 0.25) is 0 Å². The molecule has 0 amide bonds. The van der Waals surface area contributed by atoms with Gasteiger partial charge in [-0.05, 0) is 86.1 Å². The van der Waals surface area contributed by atoms with Crippen LogP contribution < -0.4 is 15.0 Å². The van der Waals surface area contributed by atoms with Crippen molar-refractivity contribution in [3.8, 4) is 5.75 Å². The summed E-state index contributed by atoms with van der Waals surface area (Å²) in [4.78, 5) is 15.1. The van der Waals surface area contributed by atoms with Crippen molar-refractivity contribution in [3.05, 3.63) is 95.1 Å². The van der Waals surface area contributed by atoms with Crippen LogP contribution in [0, 0.1) is 0 Å². The first-order valence-corrected chi connectivity index (χ1v) is 12.5. The van der Waals surface area contributed by atoms with E-state index < -0.39 is 0 Å². The summed E-state index contributed by atoms with van der Waals surface area (Å²) in [6, 6.07) is 25.1. The minimum Gasteiger partial charge on any atom is -0.496 e. The minimum atomic E-state index is 0. The zero-order valence-corrected chi connectivity index (χ0v) is 22.7. The van der Waals surface area contributed by atoms with E-state index in [1.54, 1.807) is 7.11 Å². The van der Waals surface area contributed by atoms with Crippen LogP contribution in [0.25, 0.3) is 0 Å². The fourth-order valence-corrected chi connectivity index (χ4v) is 4.73. The first-order chi connectivity index (χ1) is 16.7. The van der Waals surface area contributed by atoms with Crippen molar-refractivity contribution in [2.45, 2.75) is 45.1 Å². The van der Waals surface area contributed by atoms with Crippen LogP contribution in [0.15, 0.2) is 72.8 Å². The van der Waals surface area contributed by atoms with Gasteiger partial charge in [-0.3, -0.25) is 4.79 Å². The van der Waals surface area contributed by atoms with Gasteiger partial charge in [0, 0.05) is 30.8 Å². The maximum Gasteiger partial charge on any atom is 0.162 e. The number of fused-ring (bicyclic) bond motifs is 1. The predicted molar refractivity (Wildman–Crippen MR) is 155 cm³/mol. The lowest BCUT2D eigenvalue weighted by Crippen LogP contribution is -2.19. The Morgan fingerprint density at radius 1 is 0.917 bits per heavy atom. The van der Waals surface area contributed by atoms with Gasteiger partial charge in [-0.2, -0.15) is 0 Å². The van der Waals surface area contributed by atoms with Crippen LogP contribution in [-0.2, 0) is 19.4 Å². The lowest BCUT2D eigenvalue weighted by Gasteiger charge is -2.19. The number of ether oxygens (including phenoxy) is 1. The molecule has 0 saturated heterocycles. The monoisotopic (exact) mass is 528 g/mol. The first kappa shape index (κ1) is 29.7. The smallest absolute Gasteiger partial charge is 0.162 e. The van der Waals surface area contributed by atoms with Gasteiger partial charge in [-0.25, -0.2) is 0 Å². The van der Waals surface area contributed by atoms with E-state index in [4.69, 9.17) is 4.74 Å². The molecule has 4 nitrogen and oxygen atoms in total. The average molecular weight is 530 g/mol. The summed E-state index contributed by atoms with van der Waals surface area (Å²) in [6.45, 7) is 3.88. The summed E-state index contributed by atoms with van der Waals surface area (Å²) in [7, 11) is 1.72. The molecule has 3 aromatic rings. The minimum absolute atomic E-state index is 0. The largest absolute Gasteiger partial charge is 0.496 e. The van der Waals surface area contributed by atoms with Crippen molar-refractivity contribution in [2.75, 3.05) is 31.6 Å². The summed E-state index contributed by atoms with van der Waals surface area (Å²) < 4.78 is 5.41. The van der Waals surface area contributed by atoms with E-state index in [1.807, 2.05) is 18.2 Å². The van der Waals surface area contributed by atoms with Gasteiger partial charge in [-0.15, -0.1) is 24.8 Å². The number of aryl methyl sites for hydroxylation is 1. The molecule has 3 aromatic carbocycles. The Morgan fingerprint density at radius 3 is 2.47 bits per heavy atom. The zero-order chi connectivity index (χ0) is 23.6. The van der Waals surface area contributed by atoms with E-state index in [0.29, 0.717) is 6.42 Å². The molecular weight excluding hydrogens is 491 g/mol. The Labute approximate surface area is 228 Å². The number of carbonyl (C=O) groups excluding carboxylic acids is 1. The van der Waals surface area contributed by atoms with Crippen LogP contribution in [0.2, 0.25) is 0 Å². The van der Waals surface area contributed by atoms with Gasteiger partial charge >= 0.3 is 0 Å².